The van der Waals surface area contributed by atoms with Crippen LogP contribution in [-0.4, -0.2) is 51.8 Å². The monoisotopic (exact) mass is 427 g/mol. The molecule has 3 atom stereocenters. The number of carbonyl (C=O) groups excluding carboxylic acids is 1. The van der Waals surface area contributed by atoms with Crippen LogP contribution in [0, 0.1) is 29.6 Å². The number of aliphatic carboxylic acids is 1. The van der Waals surface area contributed by atoms with Gasteiger partial charge in [-0.3, -0.25) is 9.59 Å². The number of amides is 1. The SMILES string of the molecule is CC(C(=O)O)C1CCN(c2cccc(C(=O)NC3C4CC5CC3CC(O)(C5)C4)n2)CC1. The van der Waals surface area contributed by atoms with E-state index in [4.69, 9.17) is 0 Å². The van der Waals surface area contributed by atoms with Crippen molar-refractivity contribution in [1.29, 1.82) is 0 Å². The Balaban J connectivity index is 1.23. The Morgan fingerprint density at radius 3 is 2.45 bits per heavy atom. The number of nitrogens with one attached hydrogen (secondary N) is 1. The highest BCUT2D eigenvalue weighted by molar-refractivity contribution is 5.93. The van der Waals surface area contributed by atoms with Gasteiger partial charge in [0, 0.05) is 19.1 Å². The number of hydrogen-bond acceptors (Lipinski definition) is 5. The van der Waals surface area contributed by atoms with Crippen molar-refractivity contribution in [2.24, 2.45) is 29.6 Å². The van der Waals surface area contributed by atoms with Crippen LogP contribution in [-0.2, 0) is 4.79 Å². The molecule has 0 radical (unpaired) electrons. The normalized spacial score (nSPS) is 35.7. The molecule has 31 heavy (non-hydrogen) atoms. The molecule has 6 rings (SSSR count). The molecule has 3 unspecified atom stereocenters. The lowest BCUT2D eigenvalue weighted by atomic mass is 9.52. The molecular formula is C24H33N3O4. The summed E-state index contributed by atoms with van der Waals surface area (Å²) in [6.07, 6.45) is 6.42. The van der Waals surface area contributed by atoms with Crippen LogP contribution in [0.4, 0.5) is 5.82 Å². The second-order valence-corrected chi connectivity index (χ2v) is 10.5. The topological polar surface area (TPSA) is 103 Å². The lowest BCUT2D eigenvalue weighted by Gasteiger charge is -2.58. The largest absolute Gasteiger partial charge is 0.481 e. The number of piperidine rings is 1. The van der Waals surface area contributed by atoms with E-state index in [1.165, 1.54) is 0 Å². The Kier molecular flexibility index (Phi) is 5.19. The van der Waals surface area contributed by atoms with Crippen molar-refractivity contribution in [2.75, 3.05) is 18.0 Å². The molecule has 4 aliphatic carbocycles. The summed E-state index contributed by atoms with van der Waals surface area (Å²) in [5, 5.41) is 23.3. The summed E-state index contributed by atoms with van der Waals surface area (Å²) >= 11 is 0. The average molecular weight is 428 g/mol. The Morgan fingerprint density at radius 2 is 1.84 bits per heavy atom. The standard InChI is InChI=1S/C24H33N3O4/c1-14(23(29)30)16-5-7-27(8-6-16)20-4-2-3-19(25-20)22(28)26-21-17-9-15-10-18(21)13-24(31,11-15)12-17/h2-4,14-18,21,31H,5-13H2,1H3,(H,26,28)(H,29,30). The van der Waals surface area contributed by atoms with Gasteiger partial charge in [-0.05, 0) is 80.8 Å². The second kappa shape index (κ2) is 7.76. The van der Waals surface area contributed by atoms with Crippen LogP contribution in [0.2, 0.25) is 0 Å². The third-order valence-electron chi connectivity index (χ3n) is 8.47. The van der Waals surface area contributed by atoms with Crippen LogP contribution in [0.25, 0.3) is 0 Å². The zero-order valence-electron chi connectivity index (χ0n) is 18.2. The fraction of sp³-hybridized carbons (Fsp3) is 0.708. The van der Waals surface area contributed by atoms with Crippen LogP contribution in [0.15, 0.2) is 18.2 Å². The number of hydrogen-bond donors (Lipinski definition) is 3. The van der Waals surface area contributed by atoms with Crippen molar-refractivity contribution in [2.45, 2.75) is 63.5 Å². The number of rotatable bonds is 5. The van der Waals surface area contributed by atoms with Gasteiger partial charge in [0.05, 0.1) is 11.5 Å². The van der Waals surface area contributed by atoms with E-state index >= 15 is 0 Å². The predicted octanol–water partition coefficient (Wildman–Crippen LogP) is 2.69. The second-order valence-electron chi connectivity index (χ2n) is 10.5. The fourth-order valence-electron chi connectivity index (χ4n) is 7.00. The quantitative estimate of drug-likeness (QED) is 0.668. The lowest BCUT2D eigenvalue weighted by molar-refractivity contribution is -0.143. The number of anilines is 1. The van der Waals surface area contributed by atoms with E-state index in [9.17, 15) is 19.8 Å². The van der Waals surface area contributed by atoms with Crippen LogP contribution in [0.1, 0.15) is 62.4 Å². The number of aromatic nitrogens is 1. The molecule has 1 aromatic heterocycles. The van der Waals surface area contributed by atoms with E-state index in [0.717, 1.165) is 63.9 Å². The van der Waals surface area contributed by atoms with Crippen molar-refractivity contribution in [3.05, 3.63) is 23.9 Å². The van der Waals surface area contributed by atoms with Crippen molar-refractivity contribution in [3.63, 3.8) is 0 Å². The van der Waals surface area contributed by atoms with Crippen LogP contribution in [0.5, 0.6) is 0 Å². The first-order valence-electron chi connectivity index (χ1n) is 11.8. The number of nitrogens with zero attached hydrogens (tertiary/aromatic N) is 2. The fourth-order valence-corrected chi connectivity index (χ4v) is 7.00. The number of carboxylic acid groups (broad SMARTS) is 1. The van der Waals surface area contributed by atoms with Gasteiger partial charge in [0.2, 0.25) is 0 Å². The maximum atomic E-state index is 13.0. The zero-order chi connectivity index (χ0) is 21.8. The van der Waals surface area contributed by atoms with Crippen LogP contribution < -0.4 is 10.2 Å². The summed E-state index contributed by atoms with van der Waals surface area (Å²) in [7, 11) is 0. The number of pyridine rings is 1. The van der Waals surface area contributed by atoms with Crippen LogP contribution in [0.3, 0.4) is 0 Å². The minimum Gasteiger partial charge on any atom is -0.481 e. The average Bonchev–Trinajstić information content (AvgIpc) is 2.74. The van der Waals surface area contributed by atoms with Crippen molar-refractivity contribution in [3.8, 4) is 0 Å². The molecule has 2 heterocycles. The van der Waals surface area contributed by atoms with E-state index in [1.54, 1.807) is 13.0 Å². The first-order valence-corrected chi connectivity index (χ1v) is 11.8. The molecule has 7 nitrogen and oxygen atoms in total. The lowest BCUT2D eigenvalue weighted by Crippen LogP contribution is -2.61. The molecule has 1 aromatic rings. The summed E-state index contributed by atoms with van der Waals surface area (Å²) < 4.78 is 0. The van der Waals surface area contributed by atoms with E-state index in [2.05, 4.69) is 15.2 Å². The molecule has 5 fully saturated rings. The molecule has 1 saturated heterocycles. The minimum absolute atomic E-state index is 0.124. The number of carboxylic acids is 1. The maximum absolute atomic E-state index is 13.0. The van der Waals surface area contributed by atoms with Crippen LogP contribution >= 0.6 is 0 Å². The predicted molar refractivity (Wildman–Crippen MR) is 116 cm³/mol. The van der Waals surface area contributed by atoms with E-state index in [-0.39, 0.29) is 23.8 Å². The van der Waals surface area contributed by atoms with E-state index < -0.39 is 11.6 Å². The number of carbonyl (C=O) groups is 2. The summed E-state index contributed by atoms with van der Waals surface area (Å²) in [5.41, 5.74) is -0.0637. The highest BCUT2D eigenvalue weighted by atomic mass is 16.4. The smallest absolute Gasteiger partial charge is 0.306 e. The third kappa shape index (κ3) is 3.93. The molecule has 4 bridgehead atoms. The Morgan fingerprint density at radius 1 is 1.16 bits per heavy atom. The molecule has 7 heteroatoms. The maximum Gasteiger partial charge on any atom is 0.306 e. The Labute approximate surface area is 183 Å². The molecule has 4 saturated carbocycles. The third-order valence-corrected chi connectivity index (χ3v) is 8.47. The van der Waals surface area contributed by atoms with Gasteiger partial charge in [-0.2, -0.15) is 0 Å². The molecule has 1 aliphatic heterocycles. The van der Waals surface area contributed by atoms with Gasteiger partial charge in [0.25, 0.3) is 5.91 Å². The Hall–Kier alpha value is -2.15. The first-order chi connectivity index (χ1) is 14.8. The molecule has 3 N–H and O–H groups in total. The van der Waals surface area contributed by atoms with Crippen molar-refractivity contribution < 1.29 is 19.8 Å². The van der Waals surface area contributed by atoms with Crippen molar-refractivity contribution in [1.82, 2.24) is 10.3 Å². The van der Waals surface area contributed by atoms with Gasteiger partial charge in [0.15, 0.2) is 0 Å². The van der Waals surface area contributed by atoms with E-state index in [0.29, 0.717) is 23.4 Å². The van der Waals surface area contributed by atoms with Gasteiger partial charge >= 0.3 is 5.97 Å². The highest BCUT2D eigenvalue weighted by Crippen LogP contribution is 2.55. The van der Waals surface area contributed by atoms with Gasteiger partial charge in [0.1, 0.15) is 11.5 Å². The summed E-state index contributed by atoms with van der Waals surface area (Å²) in [4.78, 5) is 31.1. The molecular weight excluding hydrogens is 394 g/mol. The molecule has 168 valence electrons. The molecule has 0 spiro atoms. The van der Waals surface area contributed by atoms with Gasteiger partial charge < -0.3 is 20.4 Å². The van der Waals surface area contributed by atoms with Gasteiger partial charge in [-0.1, -0.05) is 13.0 Å². The number of aliphatic hydroxyl groups is 1. The molecule has 5 aliphatic rings. The minimum atomic E-state index is -0.729. The summed E-state index contributed by atoms with van der Waals surface area (Å²) in [5.74, 6) is 1.15. The first kappa shape index (κ1) is 20.7. The summed E-state index contributed by atoms with van der Waals surface area (Å²) in [6.45, 7) is 3.30. The van der Waals surface area contributed by atoms with Gasteiger partial charge in [-0.25, -0.2) is 4.98 Å². The molecule has 1 amide bonds. The summed E-state index contributed by atoms with van der Waals surface area (Å²) in [6, 6.07) is 5.71. The zero-order valence-corrected chi connectivity index (χ0v) is 18.2. The molecule has 0 aromatic carbocycles. The van der Waals surface area contributed by atoms with E-state index in [1.807, 2.05) is 12.1 Å². The Bertz CT molecular complexity index is 850. The van der Waals surface area contributed by atoms with Crippen molar-refractivity contribution >= 4 is 17.7 Å². The highest BCUT2D eigenvalue weighted by Gasteiger charge is 2.55. The van der Waals surface area contributed by atoms with Gasteiger partial charge in [-0.15, -0.1) is 0 Å².